The second-order valence-corrected chi connectivity index (χ2v) is 7.56. The van der Waals surface area contributed by atoms with E-state index in [4.69, 9.17) is 0 Å². The Hall–Kier alpha value is -2.89. The van der Waals surface area contributed by atoms with Gasteiger partial charge in [0.15, 0.2) is 11.6 Å². The van der Waals surface area contributed by atoms with Crippen LogP contribution in [0.25, 0.3) is 0 Å². The van der Waals surface area contributed by atoms with E-state index >= 15 is 0 Å². The zero-order chi connectivity index (χ0) is 19.8. The van der Waals surface area contributed by atoms with Gasteiger partial charge in [0.2, 0.25) is 0 Å². The van der Waals surface area contributed by atoms with Crippen molar-refractivity contribution in [3.05, 3.63) is 52.4 Å². The van der Waals surface area contributed by atoms with Crippen LogP contribution in [-0.2, 0) is 14.4 Å². The largest absolute Gasteiger partial charge is 0.508 e. The maximum atomic E-state index is 13.0. The number of Topliss-reactive ketones (excluding diaryl/α,β-unsaturated/α-hetero) is 2. The van der Waals surface area contributed by atoms with E-state index in [0.29, 0.717) is 55.2 Å². The van der Waals surface area contributed by atoms with Gasteiger partial charge in [-0.3, -0.25) is 14.4 Å². The van der Waals surface area contributed by atoms with Crippen LogP contribution in [0.1, 0.15) is 56.4 Å². The number of ketones is 2. The molecule has 6 nitrogen and oxygen atoms in total. The molecule has 0 bridgehead atoms. The number of para-hydroxylation sites is 1. The first-order valence-electron chi connectivity index (χ1n) is 9.78. The number of carboxylic acid groups (broad SMARTS) is 1. The fourth-order valence-electron chi connectivity index (χ4n) is 4.74. The minimum atomic E-state index is -0.906. The van der Waals surface area contributed by atoms with Crippen LogP contribution in [0.3, 0.4) is 0 Å². The molecular weight excluding hydrogens is 358 g/mol. The van der Waals surface area contributed by atoms with Crippen LogP contribution in [0.2, 0.25) is 0 Å². The van der Waals surface area contributed by atoms with Crippen LogP contribution in [0.15, 0.2) is 46.8 Å². The lowest BCUT2D eigenvalue weighted by atomic mass is 9.70. The quantitative estimate of drug-likeness (QED) is 0.831. The first-order valence-corrected chi connectivity index (χ1v) is 9.78. The molecule has 4 rings (SSSR count). The van der Waals surface area contributed by atoms with E-state index in [2.05, 4.69) is 0 Å². The molecule has 1 aromatic rings. The topological polar surface area (TPSA) is 94.9 Å². The van der Waals surface area contributed by atoms with Crippen molar-refractivity contribution < 1.29 is 24.6 Å². The predicted molar refractivity (Wildman–Crippen MR) is 102 cm³/mol. The third-order valence-electron chi connectivity index (χ3n) is 5.88. The monoisotopic (exact) mass is 381 g/mol. The number of benzene rings is 1. The number of carbonyl (C=O) groups is 3. The molecule has 0 unspecified atom stereocenters. The summed E-state index contributed by atoms with van der Waals surface area (Å²) in [5.41, 5.74) is 3.36. The lowest BCUT2D eigenvalue weighted by Crippen LogP contribution is -2.39. The van der Waals surface area contributed by atoms with Gasteiger partial charge in [0.25, 0.3) is 0 Å². The van der Waals surface area contributed by atoms with Crippen LogP contribution >= 0.6 is 0 Å². The molecule has 0 fully saturated rings. The fourth-order valence-corrected chi connectivity index (χ4v) is 4.74. The van der Waals surface area contributed by atoms with Gasteiger partial charge < -0.3 is 15.1 Å². The fraction of sp³-hybridized carbons (Fsp3) is 0.409. The Morgan fingerprint density at radius 3 is 2.07 bits per heavy atom. The molecule has 146 valence electrons. The van der Waals surface area contributed by atoms with E-state index in [1.807, 2.05) is 4.90 Å². The van der Waals surface area contributed by atoms with Crippen molar-refractivity contribution in [2.45, 2.75) is 50.9 Å². The molecule has 0 spiro atoms. The van der Waals surface area contributed by atoms with Gasteiger partial charge in [-0.1, -0.05) is 18.2 Å². The van der Waals surface area contributed by atoms with Crippen molar-refractivity contribution in [2.24, 2.45) is 0 Å². The maximum Gasteiger partial charge on any atom is 0.305 e. The Balaban J connectivity index is 1.93. The summed E-state index contributed by atoms with van der Waals surface area (Å²) in [4.78, 5) is 39.1. The SMILES string of the molecule is O=C(O)CCN1C2=C(C(=O)CCC2)C(c2ccccc2O)C2=C1CCCC2=O. The first kappa shape index (κ1) is 18.5. The Morgan fingerprint density at radius 2 is 1.54 bits per heavy atom. The highest BCUT2D eigenvalue weighted by atomic mass is 16.4. The molecule has 1 aliphatic heterocycles. The van der Waals surface area contributed by atoms with Gasteiger partial charge in [-0.2, -0.15) is 0 Å². The van der Waals surface area contributed by atoms with Gasteiger partial charge in [0, 0.05) is 53.4 Å². The van der Waals surface area contributed by atoms with E-state index in [1.165, 1.54) is 0 Å². The van der Waals surface area contributed by atoms with Crippen LogP contribution < -0.4 is 0 Å². The lowest BCUT2D eigenvalue weighted by molar-refractivity contribution is -0.137. The number of aliphatic carboxylic acids is 1. The van der Waals surface area contributed by atoms with E-state index in [9.17, 15) is 24.6 Å². The Bertz CT molecular complexity index is 883. The number of rotatable bonds is 4. The summed E-state index contributed by atoms with van der Waals surface area (Å²) < 4.78 is 0. The lowest BCUT2D eigenvalue weighted by Gasteiger charge is -2.44. The van der Waals surface area contributed by atoms with Crippen molar-refractivity contribution in [3.63, 3.8) is 0 Å². The molecule has 2 N–H and O–H groups in total. The Labute approximate surface area is 163 Å². The molecule has 28 heavy (non-hydrogen) atoms. The molecule has 1 heterocycles. The standard InChI is InChI=1S/C22H23NO5/c24-16-8-2-1-5-13(16)20-21-14(6-3-9-17(21)25)23(12-11-19(27)28)15-7-4-10-18(26)22(15)20/h1-2,5,8,20,24H,3-4,6-7,9-12H2,(H,27,28). The Kier molecular flexibility index (Phi) is 4.79. The van der Waals surface area contributed by atoms with Gasteiger partial charge in [-0.15, -0.1) is 0 Å². The third kappa shape index (κ3) is 3.03. The summed E-state index contributed by atoms with van der Waals surface area (Å²) >= 11 is 0. The summed E-state index contributed by atoms with van der Waals surface area (Å²) in [6.07, 6.45) is 3.54. The molecule has 0 radical (unpaired) electrons. The number of phenolic OH excluding ortho intramolecular Hbond substituents is 1. The second kappa shape index (κ2) is 7.26. The van der Waals surface area contributed by atoms with Gasteiger partial charge in [0.1, 0.15) is 5.75 Å². The summed E-state index contributed by atoms with van der Waals surface area (Å²) in [6.45, 7) is 0.251. The average Bonchev–Trinajstić information content (AvgIpc) is 2.66. The van der Waals surface area contributed by atoms with Crippen molar-refractivity contribution in [1.29, 1.82) is 0 Å². The van der Waals surface area contributed by atoms with E-state index < -0.39 is 11.9 Å². The second-order valence-electron chi connectivity index (χ2n) is 7.56. The van der Waals surface area contributed by atoms with Gasteiger partial charge in [0.05, 0.1) is 6.42 Å². The van der Waals surface area contributed by atoms with Crippen molar-refractivity contribution >= 4 is 17.5 Å². The number of hydrogen-bond donors (Lipinski definition) is 2. The zero-order valence-corrected chi connectivity index (χ0v) is 15.6. The highest BCUT2D eigenvalue weighted by Gasteiger charge is 2.43. The minimum absolute atomic E-state index is 0.0141. The first-order chi connectivity index (χ1) is 13.5. The summed E-state index contributed by atoms with van der Waals surface area (Å²) in [5.74, 6) is -1.43. The summed E-state index contributed by atoms with van der Waals surface area (Å²) in [7, 11) is 0. The predicted octanol–water partition coefficient (Wildman–Crippen LogP) is 3.28. The smallest absolute Gasteiger partial charge is 0.305 e. The number of carbonyl (C=O) groups excluding carboxylic acids is 2. The van der Waals surface area contributed by atoms with Gasteiger partial charge in [-0.05, 0) is 31.7 Å². The van der Waals surface area contributed by atoms with E-state index in [-0.39, 0.29) is 30.3 Å². The van der Waals surface area contributed by atoms with E-state index in [0.717, 1.165) is 11.4 Å². The third-order valence-corrected chi connectivity index (χ3v) is 5.88. The van der Waals surface area contributed by atoms with Crippen molar-refractivity contribution in [2.75, 3.05) is 6.54 Å². The number of allylic oxidation sites excluding steroid dienone is 4. The normalized spacial score (nSPS) is 20.4. The molecule has 3 aliphatic rings. The number of carboxylic acids is 1. The molecule has 6 heteroatoms. The molecule has 0 atom stereocenters. The maximum absolute atomic E-state index is 13.0. The summed E-state index contributed by atoms with van der Waals surface area (Å²) in [5, 5.41) is 19.7. The number of nitrogens with zero attached hydrogens (tertiary/aromatic N) is 1. The Morgan fingerprint density at radius 1 is 0.964 bits per heavy atom. The highest BCUT2D eigenvalue weighted by Crippen LogP contribution is 2.50. The van der Waals surface area contributed by atoms with Gasteiger partial charge in [-0.25, -0.2) is 0 Å². The van der Waals surface area contributed by atoms with Crippen molar-refractivity contribution in [1.82, 2.24) is 4.90 Å². The molecule has 0 aromatic heterocycles. The zero-order valence-electron chi connectivity index (χ0n) is 15.6. The molecule has 1 aromatic carbocycles. The molecular formula is C22H23NO5. The van der Waals surface area contributed by atoms with Gasteiger partial charge >= 0.3 is 5.97 Å². The van der Waals surface area contributed by atoms with E-state index in [1.54, 1.807) is 24.3 Å². The minimum Gasteiger partial charge on any atom is -0.508 e. The van der Waals surface area contributed by atoms with Crippen LogP contribution in [0.4, 0.5) is 0 Å². The number of hydrogen-bond acceptors (Lipinski definition) is 5. The summed E-state index contributed by atoms with van der Waals surface area (Å²) in [6, 6.07) is 6.86. The number of aromatic hydroxyl groups is 1. The van der Waals surface area contributed by atoms with Crippen LogP contribution in [0, 0.1) is 0 Å². The molecule has 0 saturated heterocycles. The average molecular weight is 381 g/mol. The van der Waals surface area contributed by atoms with Crippen LogP contribution in [0.5, 0.6) is 5.75 Å². The molecule has 0 saturated carbocycles. The molecule has 2 aliphatic carbocycles. The van der Waals surface area contributed by atoms with Crippen molar-refractivity contribution in [3.8, 4) is 5.75 Å². The van der Waals surface area contributed by atoms with Crippen LogP contribution in [-0.4, -0.2) is 39.2 Å². The number of phenols is 1. The highest BCUT2D eigenvalue weighted by molar-refractivity contribution is 6.06. The molecule has 0 amide bonds.